The third-order valence-corrected chi connectivity index (χ3v) is 9.51. The molecule has 2 aromatic heterocycles. The fourth-order valence-electron chi connectivity index (χ4n) is 5.01. The molecule has 1 fully saturated rings. The van der Waals surface area contributed by atoms with Crippen LogP contribution in [-0.2, 0) is 47.1 Å². The predicted octanol–water partition coefficient (Wildman–Crippen LogP) is 0.255. The number of alkyl carbamates (subject to hydrolysis) is 1. The number of nitrogens with zero attached hydrogens (tertiary/aromatic N) is 6. The number of nitrogens with one attached hydrogen (secondary N) is 4. The lowest BCUT2D eigenvalue weighted by Gasteiger charge is -2.49. The molecule has 0 aromatic carbocycles. The van der Waals surface area contributed by atoms with Gasteiger partial charge in [-0.05, 0) is 55.4 Å². The molecule has 0 radical (unpaired) electrons. The number of carbonyl (C=O) groups is 6. The van der Waals surface area contributed by atoms with Crippen LogP contribution in [0.2, 0.25) is 0 Å². The van der Waals surface area contributed by atoms with Gasteiger partial charge in [-0.15, -0.1) is 21.1 Å². The molecule has 0 spiro atoms. The first-order valence-corrected chi connectivity index (χ1v) is 18.9. The number of β-lactam (4-membered cyclic amide) rings is 1. The van der Waals surface area contributed by atoms with E-state index in [4.69, 9.17) is 25.8 Å². The van der Waals surface area contributed by atoms with Gasteiger partial charge >= 0.3 is 24.1 Å². The number of thioether (sulfide) groups is 1. The molecule has 4 heterocycles. The van der Waals surface area contributed by atoms with Crippen LogP contribution < -0.4 is 37.4 Å². The number of carboxylic acids is 1. The highest BCUT2D eigenvalue weighted by Crippen LogP contribution is 2.40. The van der Waals surface area contributed by atoms with Gasteiger partial charge in [-0.1, -0.05) is 5.16 Å². The average molecular weight is 824 g/mol. The molecule has 2 atom stereocenters. The quantitative estimate of drug-likeness (QED) is 0.0356. The highest BCUT2D eigenvalue weighted by atomic mass is 32.2. The van der Waals surface area contributed by atoms with Gasteiger partial charge in [0.05, 0.1) is 7.05 Å². The second kappa shape index (κ2) is 16.6. The number of ether oxygens (including phenoxy) is 2. The van der Waals surface area contributed by atoms with Crippen molar-refractivity contribution in [1.29, 1.82) is 0 Å². The normalized spacial score (nSPS) is 17.3. The first-order chi connectivity index (χ1) is 25.9. The van der Waals surface area contributed by atoms with Crippen molar-refractivity contribution in [3.63, 3.8) is 0 Å². The fraction of sp³-hybridized carbons (Fsp3) is 0.562. The van der Waals surface area contributed by atoms with Crippen LogP contribution in [-0.4, -0.2) is 113 Å². The van der Waals surface area contributed by atoms with Crippen LogP contribution in [0, 0.1) is 0 Å². The Morgan fingerprint density at radius 3 is 2.27 bits per heavy atom. The zero-order valence-corrected chi connectivity index (χ0v) is 34.0. The molecule has 2 aliphatic rings. The van der Waals surface area contributed by atoms with Crippen LogP contribution >= 0.6 is 23.3 Å². The molecular formula is C32H47N12O10S2+. The third kappa shape index (κ3) is 10.6. The summed E-state index contributed by atoms with van der Waals surface area (Å²) in [4.78, 5) is 87.3. The number of aromatic nitrogens is 4. The van der Waals surface area contributed by atoms with Crippen molar-refractivity contribution in [3.05, 3.63) is 23.3 Å². The fourth-order valence-corrected chi connectivity index (χ4v) is 6.78. The van der Waals surface area contributed by atoms with Gasteiger partial charge in [-0.25, -0.2) is 19.2 Å². The SMILES string of the molecule is Cn1c(N)c(NC(=O)NCCNC(=O)OC(C)(C)C)c[n+]1CC1=C(C(=O)O)N2C(=O)[C@@H](NC(=O)/C(=N\OC(C)(C)C(=O)OC(C)(C)C)c3nsc(N)n3)[C@H]2SC1. The molecule has 0 bridgehead atoms. The summed E-state index contributed by atoms with van der Waals surface area (Å²) in [5, 5.41) is 23.6. The number of rotatable bonds is 13. The summed E-state index contributed by atoms with van der Waals surface area (Å²) in [6.07, 6.45) is 0.877. The molecule has 56 heavy (non-hydrogen) atoms. The molecular weight excluding hydrogens is 777 g/mol. The molecule has 306 valence electrons. The molecule has 0 unspecified atom stereocenters. The maximum atomic E-state index is 13.6. The van der Waals surface area contributed by atoms with Crippen LogP contribution in [0.15, 0.2) is 22.6 Å². The molecule has 22 nitrogen and oxygen atoms in total. The Kier molecular flexibility index (Phi) is 12.8. The number of carboxylic acid groups (broad SMARTS) is 1. The second-order valence-corrected chi connectivity index (χ2v) is 16.9. The van der Waals surface area contributed by atoms with Gasteiger partial charge in [-0.3, -0.25) is 19.8 Å². The summed E-state index contributed by atoms with van der Waals surface area (Å²) in [6.45, 7) is 13.1. The third-order valence-electron chi connectivity index (χ3n) is 7.63. The Labute approximate surface area is 329 Å². The lowest BCUT2D eigenvalue weighted by molar-refractivity contribution is -0.765. The van der Waals surface area contributed by atoms with E-state index in [0.29, 0.717) is 5.57 Å². The molecule has 0 aliphatic carbocycles. The van der Waals surface area contributed by atoms with E-state index in [0.717, 1.165) is 16.4 Å². The predicted molar refractivity (Wildman–Crippen MR) is 203 cm³/mol. The number of esters is 1. The van der Waals surface area contributed by atoms with Crippen molar-refractivity contribution in [3.8, 4) is 0 Å². The number of aliphatic carboxylic acids is 1. The summed E-state index contributed by atoms with van der Waals surface area (Å²) >= 11 is 1.99. The number of anilines is 3. The lowest BCUT2D eigenvalue weighted by Crippen LogP contribution is -2.71. The smallest absolute Gasteiger partial charge is 0.407 e. The topological polar surface area (TPSA) is 301 Å². The van der Waals surface area contributed by atoms with Gasteiger partial charge in [0.25, 0.3) is 11.8 Å². The summed E-state index contributed by atoms with van der Waals surface area (Å²) in [7, 11) is 1.60. The van der Waals surface area contributed by atoms with Gasteiger partial charge < -0.3 is 46.8 Å². The summed E-state index contributed by atoms with van der Waals surface area (Å²) < 4.78 is 17.6. The number of oxime groups is 1. The maximum Gasteiger partial charge on any atom is 0.407 e. The minimum atomic E-state index is -1.65. The number of nitrogens with two attached hydrogens (primary N) is 2. The molecule has 24 heteroatoms. The van der Waals surface area contributed by atoms with E-state index in [1.807, 2.05) is 0 Å². The Morgan fingerprint density at radius 1 is 1.04 bits per heavy atom. The van der Waals surface area contributed by atoms with E-state index in [2.05, 4.69) is 35.8 Å². The maximum absolute atomic E-state index is 13.6. The van der Waals surface area contributed by atoms with Crippen LogP contribution in [0.4, 0.5) is 26.2 Å². The van der Waals surface area contributed by atoms with E-state index in [1.165, 1.54) is 36.5 Å². The van der Waals surface area contributed by atoms with Crippen molar-refractivity contribution >= 4 is 81.5 Å². The lowest BCUT2D eigenvalue weighted by atomic mass is 10.0. The molecule has 5 amide bonds. The Bertz CT molecular complexity index is 1960. The number of hydrogen-bond donors (Lipinski definition) is 7. The summed E-state index contributed by atoms with van der Waals surface area (Å²) in [5.74, 6) is -3.70. The summed E-state index contributed by atoms with van der Waals surface area (Å²) in [5.41, 5.74) is 8.64. The number of amides is 5. The highest BCUT2D eigenvalue weighted by molar-refractivity contribution is 8.00. The van der Waals surface area contributed by atoms with E-state index in [-0.39, 0.29) is 53.5 Å². The minimum absolute atomic E-state index is 0.0121. The Hall–Kier alpha value is -5.65. The number of nitrogen functional groups attached to an aromatic ring is 2. The molecule has 2 aromatic rings. The molecule has 9 N–H and O–H groups in total. The first-order valence-electron chi connectivity index (χ1n) is 17.0. The number of carbonyl (C=O) groups excluding carboxylic acids is 5. The zero-order chi connectivity index (χ0) is 41.9. The van der Waals surface area contributed by atoms with Crippen molar-refractivity contribution in [2.45, 2.75) is 90.2 Å². The van der Waals surface area contributed by atoms with E-state index in [9.17, 15) is 33.9 Å². The average Bonchev–Trinajstić information content (AvgIpc) is 3.61. The number of fused-ring (bicyclic) bond motifs is 1. The van der Waals surface area contributed by atoms with Crippen molar-refractivity contribution in [2.24, 2.45) is 12.2 Å². The molecule has 0 saturated carbocycles. The van der Waals surface area contributed by atoms with Gasteiger partial charge in [0.15, 0.2) is 23.2 Å². The molecule has 2 aliphatic heterocycles. The van der Waals surface area contributed by atoms with Crippen LogP contribution in [0.25, 0.3) is 0 Å². The summed E-state index contributed by atoms with van der Waals surface area (Å²) in [6, 6.07) is -1.78. The number of hydrogen-bond acceptors (Lipinski definition) is 16. The van der Waals surface area contributed by atoms with E-state index in [1.54, 1.807) is 53.3 Å². The highest BCUT2D eigenvalue weighted by Gasteiger charge is 2.55. The van der Waals surface area contributed by atoms with E-state index < -0.39 is 69.8 Å². The van der Waals surface area contributed by atoms with E-state index >= 15 is 0 Å². The molecule has 1 saturated heterocycles. The monoisotopic (exact) mass is 823 g/mol. The molecule has 4 rings (SSSR count). The largest absolute Gasteiger partial charge is 0.477 e. The van der Waals surface area contributed by atoms with Gasteiger partial charge in [0.1, 0.15) is 28.3 Å². The second-order valence-electron chi connectivity index (χ2n) is 15.0. The van der Waals surface area contributed by atoms with Gasteiger partial charge in [0, 0.05) is 35.9 Å². The van der Waals surface area contributed by atoms with Crippen molar-refractivity contribution < 1.29 is 52.9 Å². The van der Waals surface area contributed by atoms with Crippen molar-refractivity contribution in [1.82, 2.24) is 34.9 Å². The standard InChI is InChI=1S/C32H46N12O10S2/c1-30(2,3)52-26(49)32(7,8)54-40-17(21-39-27(34)56-41-21)22(45)38-18-23(46)44-19(25(47)48)15(14-55-24(18)44)12-43-13-16(20(33)42(43)9)37-28(50)35-10-11-36-29(51)53-31(4,5)6/h13,18,24,33H,10-12,14H2,1-9H3,(H7,34,35,36,37,38,39,41,45,47,48,50,51)/p+1/b40-17-/t18-,24-/m1/s1. The zero-order valence-electron chi connectivity index (χ0n) is 32.3. The Balaban J connectivity index is 1.44. The Morgan fingerprint density at radius 2 is 1.68 bits per heavy atom. The first kappa shape index (κ1) is 43.1. The van der Waals surface area contributed by atoms with Gasteiger partial charge in [-0.2, -0.15) is 9.36 Å². The van der Waals surface area contributed by atoms with Gasteiger partial charge in [0.2, 0.25) is 23.3 Å². The number of urea groups is 1. The van der Waals surface area contributed by atoms with Crippen LogP contribution in [0.3, 0.4) is 0 Å². The minimum Gasteiger partial charge on any atom is -0.477 e. The van der Waals surface area contributed by atoms with Crippen LogP contribution in [0.1, 0.15) is 61.2 Å². The van der Waals surface area contributed by atoms with Crippen LogP contribution in [0.5, 0.6) is 0 Å². The van der Waals surface area contributed by atoms with Crippen molar-refractivity contribution in [2.75, 3.05) is 35.6 Å².